The lowest BCUT2D eigenvalue weighted by molar-refractivity contribution is 0.102. The molecule has 8 nitrogen and oxygen atoms in total. The van der Waals surface area contributed by atoms with Crippen LogP contribution < -0.4 is 10.6 Å². The number of benzene rings is 1. The van der Waals surface area contributed by atoms with Gasteiger partial charge in [-0.3, -0.25) is 4.79 Å². The maximum Gasteiger partial charge on any atom is 0.318 e. The molecule has 2 atom stereocenters. The largest absolute Gasteiger partial charge is 0.376 e. The molecule has 2 aliphatic rings. The van der Waals surface area contributed by atoms with Crippen LogP contribution in [0.4, 0.5) is 19.3 Å². The van der Waals surface area contributed by atoms with Crippen molar-refractivity contribution in [2.24, 2.45) is 0 Å². The highest BCUT2D eigenvalue weighted by Crippen LogP contribution is 2.33. The summed E-state index contributed by atoms with van der Waals surface area (Å²) in [5.41, 5.74) is 0.117. The molecule has 160 valence electrons. The van der Waals surface area contributed by atoms with E-state index in [1.54, 1.807) is 4.90 Å². The van der Waals surface area contributed by atoms with Crippen LogP contribution in [0.5, 0.6) is 0 Å². The topological polar surface area (TPSA) is 96.5 Å². The zero-order chi connectivity index (χ0) is 21.1. The summed E-state index contributed by atoms with van der Waals surface area (Å²) in [5, 5.41) is 14.0. The van der Waals surface area contributed by atoms with Crippen molar-refractivity contribution in [3.05, 3.63) is 39.8 Å². The number of hydrogen-bond donors (Lipinski definition) is 2. The number of anilines is 1. The molecule has 0 bridgehead atoms. The summed E-state index contributed by atoms with van der Waals surface area (Å²) in [7, 11) is 0. The van der Waals surface area contributed by atoms with Crippen LogP contribution in [0.3, 0.4) is 0 Å². The Hall–Kier alpha value is -2.66. The Bertz CT molecular complexity index is 935. The Labute approximate surface area is 175 Å². The first kappa shape index (κ1) is 20.6. The summed E-state index contributed by atoms with van der Waals surface area (Å²) in [5.74, 6) is -2.62. The number of carbonyl (C=O) groups is 2. The van der Waals surface area contributed by atoms with E-state index < -0.39 is 17.5 Å². The number of urea groups is 1. The van der Waals surface area contributed by atoms with Crippen LogP contribution in [0.25, 0.3) is 0 Å². The number of nitrogens with zero attached hydrogens (tertiary/aromatic N) is 3. The second kappa shape index (κ2) is 9.00. The molecule has 0 aliphatic carbocycles. The third-order valence-electron chi connectivity index (χ3n) is 5.12. The van der Waals surface area contributed by atoms with Gasteiger partial charge in [0.05, 0.1) is 12.1 Å². The Morgan fingerprint density at radius 2 is 2.07 bits per heavy atom. The van der Waals surface area contributed by atoms with E-state index in [1.165, 1.54) is 6.07 Å². The van der Waals surface area contributed by atoms with Crippen molar-refractivity contribution >= 4 is 29.0 Å². The maximum absolute atomic E-state index is 13.3. The molecule has 4 rings (SSSR count). The maximum atomic E-state index is 13.3. The number of nitrogens with one attached hydrogen (secondary N) is 2. The minimum Gasteiger partial charge on any atom is -0.376 e. The van der Waals surface area contributed by atoms with E-state index in [0.29, 0.717) is 18.1 Å². The highest BCUT2D eigenvalue weighted by atomic mass is 32.1. The molecule has 0 spiro atoms. The van der Waals surface area contributed by atoms with Gasteiger partial charge in [0.2, 0.25) is 5.01 Å². The number of rotatable bonds is 5. The highest BCUT2D eigenvalue weighted by molar-refractivity contribution is 7.13. The van der Waals surface area contributed by atoms with Gasteiger partial charge >= 0.3 is 6.03 Å². The molecule has 3 heterocycles. The lowest BCUT2D eigenvalue weighted by atomic mass is 10.2. The first-order chi connectivity index (χ1) is 14.5. The molecule has 1 aromatic heterocycles. The van der Waals surface area contributed by atoms with Gasteiger partial charge in [0.25, 0.3) is 5.91 Å². The van der Waals surface area contributed by atoms with E-state index >= 15 is 0 Å². The predicted molar refractivity (Wildman–Crippen MR) is 105 cm³/mol. The fourth-order valence-corrected chi connectivity index (χ4v) is 4.48. The number of aromatic nitrogens is 2. The number of halogens is 2. The number of ether oxygens (including phenoxy) is 1. The molecule has 11 heteroatoms. The van der Waals surface area contributed by atoms with Crippen LogP contribution in [0.2, 0.25) is 0 Å². The molecule has 2 aliphatic heterocycles. The summed E-state index contributed by atoms with van der Waals surface area (Å²) < 4.78 is 31.9. The summed E-state index contributed by atoms with van der Waals surface area (Å²) in [6, 6.07) is 2.65. The number of carbonyl (C=O) groups excluding carboxylic acids is 2. The molecular weight excluding hydrogens is 416 g/mol. The molecule has 2 N–H and O–H groups in total. The second-order valence-electron chi connectivity index (χ2n) is 7.20. The highest BCUT2D eigenvalue weighted by Gasteiger charge is 2.33. The van der Waals surface area contributed by atoms with Crippen molar-refractivity contribution in [2.75, 3.05) is 25.0 Å². The molecule has 2 saturated heterocycles. The van der Waals surface area contributed by atoms with Crippen molar-refractivity contribution < 1.29 is 23.1 Å². The van der Waals surface area contributed by atoms with Gasteiger partial charge in [0.1, 0.15) is 5.01 Å². The average molecular weight is 437 g/mol. The normalized spacial score (nSPS) is 21.1. The van der Waals surface area contributed by atoms with Crippen LogP contribution in [0.15, 0.2) is 18.2 Å². The molecule has 0 saturated carbocycles. The lowest BCUT2D eigenvalue weighted by Gasteiger charge is -2.23. The van der Waals surface area contributed by atoms with E-state index in [-0.39, 0.29) is 28.9 Å². The summed E-state index contributed by atoms with van der Waals surface area (Å²) in [6.45, 7) is 1.80. The van der Waals surface area contributed by atoms with Crippen LogP contribution >= 0.6 is 11.3 Å². The minimum absolute atomic E-state index is 0.0585. The minimum atomic E-state index is -1.05. The summed E-state index contributed by atoms with van der Waals surface area (Å²) >= 11 is 1.08. The van der Waals surface area contributed by atoms with Gasteiger partial charge in [-0.15, -0.1) is 10.2 Å². The quantitative estimate of drug-likeness (QED) is 0.749. The third kappa shape index (κ3) is 4.57. The van der Waals surface area contributed by atoms with Crippen LogP contribution in [-0.2, 0) is 4.74 Å². The van der Waals surface area contributed by atoms with Crippen LogP contribution in [-0.4, -0.2) is 52.8 Å². The Morgan fingerprint density at radius 1 is 1.20 bits per heavy atom. The Kier molecular flexibility index (Phi) is 6.18. The molecule has 3 amide bonds. The van der Waals surface area contributed by atoms with E-state index in [1.807, 2.05) is 0 Å². The molecule has 2 fully saturated rings. The van der Waals surface area contributed by atoms with Crippen molar-refractivity contribution in [1.82, 2.24) is 20.4 Å². The van der Waals surface area contributed by atoms with Gasteiger partial charge in [-0.25, -0.2) is 13.6 Å². The summed E-state index contributed by atoms with van der Waals surface area (Å²) in [6.07, 6.45) is 3.56. The van der Waals surface area contributed by atoms with Gasteiger partial charge in [0.15, 0.2) is 11.6 Å². The number of hydrogen-bond acceptors (Lipinski definition) is 6. The van der Waals surface area contributed by atoms with E-state index in [9.17, 15) is 18.4 Å². The zero-order valence-electron chi connectivity index (χ0n) is 16.1. The average Bonchev–Trinajstić information content (AvgIpc) is 3.49. The number of amides is 3. The standard InChI is InChI=1S/C19H21F2N5O3S/c20-13-6-5-11(9-14(13)21)23-16(27)18-25-24-17(30-18)15-4-1-7-26(15)19(28)22-10-12-3-2-8-29-12/h5-6,9,12,15H,1-4,7-8,10H2,(H,22,28)(H,23,27). The SMILES string of the molecule is O=C(Nc1ccc(F)c(F)c1)c1nnc(C2CCCN2C(=O)NCC2CCCO2)s1. The molecule has 30 heavy (non-hydrogen) atoms. The Morgan fingerprint density at radius 3 is 2.83 bits per heavy atom. The monoisotopic (exact) mass is 437 g/mol. The van der Waals surface area contributed by atoms with Gasteiger partial charge in [-0.2, -0.15) is 0 Å². The van der Waals surface area contributed by atoms with Gasteiger partial charge < -0.3 is 20.3 Å². The van der Waals surface area contributed by atoms with Gasteiger partial charge in [-0.1, -0.05) is 11.3 Å². The van der Waals surface area contributed by atoms with Crippen LogP contribution in [0, 0.1) is 11.6 Å². The van der Waals surface area contributed by atoms with Crippen molar-refractivity contribution in [2.45, 2.75) is 37.8 Å². The molecular formula is C19H21F2N5O3S. The zero-order valence-corrected chi connectivity index (χ0v) is 16.9. The molecule has 0 radical (unpaired) electrons. The van der Waals surface area contributed by atoms with E-state index in [4.69, 9.17) is 4.74 Å². The van der Waals surface area contributed by atoms with E-state index in [0.717, 1.165) is 55.8 Å². The predicted octanol–water partition coefficient (Wildman–Crippen LogP) is 3.09. The first-order valence-electron chi connectivity index (χ1n) is 9.77. The third-order valence-corrected chi connectivity index (χ3v) is 6.14. The smallest absolute Gasteiger partial charge is 0.318 e. The van der Waals surface area contributed by atoms with Crippen molar-refractivity contribution in [1.29, 1.82) is 0 Å². The van der Waals surface area contributed by atoms with Gasteiger partial charge in [-0.05, 0) is 37.8 Å². The van der Waals surface area contributed by atoms with Gasteiger partial charge in [0, 0.05) is 31.5 Å². The first-order valence-corrected chi connectivity index (χ1v) is 10.6. The fraction of sp³-hybridized carbons (Fsp3) is 0.474. The molecule has 2 unspecified atom stereocenters. The summed E-state index contributed by atoms with van der Waals surface area (Å²) in [4.78, 5) is 26.7. The van der Waals surface area contributed by atoms with Crippen LogP contribution in [0.1, 0.15) is 46.5 Å². The fourth-order valence-electron chi connectivity index (χ4n) is 3.59. The molecule has 2 aromatic rings. The van der Waals surface area contributed by atoms with Crippen molar-refractivity contribution in [3.8, 4) is 0 Å². The number of likely N-dealkylation sites (tertiary alicyclic amines) is 1. The van der Waals surface area contributed by atoms with Crippen molar-refractivity contribution in [3.63, 3.8) is 0 Å². The lowest BCUT2D eigenvalue weighted by Crippen LogP contribution is -2.42. The Balaban J connectivity index is 1.38. The second-order valence-corrected chi connectivity index (χ2v) is 8.21. The van der Waals surface area contributed by atoms with E-state index in [2.05, 4.69) is 20.8 Å². The molecule has 1 aromatic carbocycles.